The van der Waals surface area contributed by atoms with Gasteiger partial charge in [-0.05, 0) is 6.07 Å². The Labute approximate surface area is 66.4 Å². The summed E-state index contributed by atoms with van der Waals surface area (Å²) < 4.78 is 13.3. The van der Waals surface area contributed by atoms with Crippen LogP contribution in [0.3, 0.4) is 0 Å². The highest BCUT2D eigenvalue weighted by Gasteiger charge is 2.03. The van der Waals surface area contributed by atoms with Gasteiger partial charge in [0.05, 0.1) is 0 Å². The molecule has 0 fully saturated rings. The summed E-state index contributed by atoms with van der Waals surface area (Å²) >= 11 is 3.15. The fraction of sp³-hybridized carbons (Fsp3) is 0.167. The van der Waals surface area contributed by atoms with Gasteiger partial charge < -0.3 is 5.73 Å². The number of rotatable bonds is 1. The lowest BCUT2D eigenvalue weighted by Crippen LogP contribution is -2.02. The summed E-state index contributed by atoms with van der Waals surface area (Å²) in [5.74, 6) is -0.503. The van der Waals surface area contributed by atoms with Crippen molar-refractivity contribution in [3.63, 3.8) is 0 Å². The monoisotopic (exact) mass is 204 g/mol. The van der Waals surface area contributed by atoms with Crippen molar-refractivity contribution in [1.82, 2.24) is 4.98 Å². The zero-order valence-electron chi connectivity index (χ0n) is 5.14. The fourth-order valence-corrected chi connectivity index (χ4v) is 1.07. The molecule has 1 aromatic rings. The molecule has 0 amide bonds. The molecule has 0 saturated heterocycles. The first-order valence-electron chi connectivity index (χ1n) is 2.74. The van der Waals surface area contributed by atoms with Crippen molar-refractivity contribution in [3.05, 3.63) is 28.2 Å². The van der Waals surface area contributed by atoms with Gasteiger partial charge in [-0.1, -0.05) is 15.9 Å². The Hall–Kier alpha value is -0.480. The topological polar surface area (TPSA) is 38.9 Å². The average Bonchev–Trinajstić information content (AvgIpc) is 1.88. The van der Waals surface area contributed by atoms with Gasteiger partial charge in [-0.2, -0.15) is 4.39 Å². The Kier molecular flexibility index (Phi) is 2.34. The lowest BCUT2D eigenvalue weighted by Gasteiger charge is -1.99. The molecule has 10 heavy (non-hydrogen) atoms. The maximum atomic E-state index is 12.6. The first-order chi connectivity index (χ1) is 4.75. The van der Waals surface area contributed by atoms with Crippen molar-refractivity contribution in [2.75, 3.05) is 0 Å². The lowest BCUT2D eigenvalue weighted by atomic mass is 10.3. The van der Waals surface area contributed by atoms with Gasteiger partial charge in [0.15, 0.2) is 0 Å². The number of nitrogens with zero attached hydrogens (tertiary/aromatic N) is 1. The number of pyridine rings is 1. The maximum Gasteiger partial charge on any atom is 0.218 e. The van der Waals surface area contributed by atoms with Crippen LogP contribution in [-0.4, -0.2) is 4.98 Å². The SMILES string of the molecule is NCc1c(Br)ccnc1F. The summed E-state index contributed by atoms with van der Waals surface area (Å²) in [4.78, 5) is 3.43. The molecule has 2 N–H and O–H groups in total. The van der Waals surface area contributed by atoms with Gasteiger partial charge in [-0.15, -0.1) is 0 Å². The van der Waals surface area contributed by atoms with E-state index >= 15 is 0 Å². The Balaban J connectivity index is 3.17. The Morgan fingerprint density at radius 2 is 2.40 bits per heavy atom. The normalized spacial score (nSPS) is 9.90. The predicted octanol–water partition coefficient (Wildman–Crippen LogP) is 1.44. The van der Waals surface area contributed by atoms with Crippen LogP contribution in [0.15, 0.2) is 16.7 Å². The van der Waals surface area contributed by atoms with E-state index in [1.165, 1.54) is 6.20 Å². The second kappa shape index (κ2) is 3.07. The van der Waals surface area contributed by atoms with E-state index in [9.17, 15) is 4.39 Å². The average molecular weight is 205 g/mol. The third kappa shape index (κ3) is 1.33. The van der Waals surface area contributed by atoms with E-state index < -0.39 is 5.95 Å². The molecule has 0 unspecified atom stereocenters. The van der Waals surface area contributed by atoms with Crippen molar-refractivity contribution >= 4 is 15.9 Å². The van der Waals surface area contributed by atoms with E-state index in [1.807, 2.05) is 0 Å². The van der Waals surface area contributed by atoms with Crippen LogP contribution < -0.4 is 5.73 Å². The third-order valence-electron chi connectivity index (χ3n) is 1.15. The van der Waals surface area contributed by atoms with Crippen LogP contribution in [0, 0.1) is 5.95 Å². The van der Waals surface area contributed by atoms with Crippen LogP contribution in [0.25, 0.3) is 0 Å². The van der Waals surface area contributed by atoms with Crippen LogP contribution >= 0.6 is 15.9 Å². The van der Waals surface area contributed by atoms with Crippen molar-refractivity contribution < 1.29 is 4.39 Å². The molecular weight excluding hydrogens is 199 g/mol. The van der Waals surface area contributed by atoms with Crippen LogP contribution in [0.4, 0.5) is 4.39 Å². The minimum Gasteiger partial charge on any atom is -0.326 e. The molecule has 0 bridgehead atoms. The fourth-order valence-electron chi connectivity index (χ4n) is 0.627. The molecule has 4 heteroatoms. The molecule has 0 aliphatic carbocycles. The van der Waals surface area contributed by atoms with Gasteiger partial charge in [-0.25, -0.2) is 4.98 Å². The lowest BCUT2D eigenvalue weighted by molar-refractivity contribution is 0.565. The molecule has 0 aromatic carbocycles. The van der Waals surface area contributed by atoms with Gasteiger partial charge in [0.1, 0.15) is 0 Å². The van der Waals surface area contributed by atoms with E-state index in [0.29, 0.717) is 10.0 Å². The van der Waals surface area contributed by atoms with Crippen LogP contribution in [0.5, 0.6) is 0 Å². The number of aromatic nitrogens is 1. The standard InChI is InChI=1S/C6H6BrFN2/c7-5-1-2-10-6(8)4(5)3-9/h1-2H,3,9H2. The molecular formula is C6H6BrFN2. The summed E-state index contributed by atoms with van der Waals surface area (Å²) in [5.41, 5.74) is 5.66. The molecule has 2 nitrogen and oxygen atoms in total. The predicted molar refractivity (Wildman–Crippen MR) is 39.8 cm³/mol. The maximum absolute atomic E-state index is 12.6. The zero-order valence-corrected chi connectivity index (χ0v) is 6.73. The van der Waals surface area contributed by atoms with E-state index in [1.54, 1.807) is 6.07 Å². The smallest absolute Gasteiger partial charge is 0.218 e. The quantitative estimate of drug-likeness (QED) is 0.704. The summed E-state index contributed by atoms with van der Waals surface area (Å²) in [6, 6.07) is 1.66. The Morgan fingerprint density at radius 1 is 1.70 bits per heavy atom. The van der Waals surface area contributed by atoms with Crippen LogP contribution in [-0.2, 0) is 6.54 Å². The van der Waals surface area contributed by atoms with E-state index in [4.69, 9.17) is 5.73 Å². The molecule has 0 radical (unpaired) electrons. The molecule has 0 aliphatic heterocycles. The van der Waals surface area contributed by atoms with Gasteiger partial charge >= 0.3 is 0 Å². The first-order valence-corrected chi connectivity index (χ1v) is 3.54. The van der Waals surface area contributed by atoms with Crippen molar-refractivity contribution in [1.29, 1.82) is 0 Å². The van der Waals surface area contributed by atoms with E-state index in [2.05, 4.69) is 20.9 Å². The van der Waals surface area contributed by atoms with Crippen molar-refractivity contribution in [2.45, 2.75) is 6.54 Å². The van der Waals surface area contributed by atoms with E-state index in [-0.39, 0.29) is 6.54 Å². The molecule has 0 atom stereocenters. The Morgan fingerprint density at radius 3 is 2.80 bits per heavy atom. The number of halogens is 2. The molecule has 0 spiro atoms. The number of hydrogen-bond donors (Lipinski definition) is 1. The highest BCUT2D eigenvalue weighted by molar-refractivity contribution is 9.10. The molecule has 54 valence electrons. The largest absolute Gasteiger partial charge is 0.326 e. The van der Waals surface area contributed by atoms with Gasteiger partial charge in [-0.3, -0.25) is 0 Å². The number of hydrogen-bond acceptors (Lipinski definition) is 2. The number of nitrogens with two attached hydrogens (primary N) is 1. The van der Waals surface area contributed by atoms with E-state index in [0.717, 1.165) is 0 Å². The van der Waals surface area contributed by atoms with Gasteiger partial charge in [0, 0.05) is 22.8 Å². The molecule has 1 aromatic heterocycles. The summed E-state index contributed by atoms with van der Waals surface area (Å²) in [7, 11) is 0. The highest BCUT2D eigenvalue weighted by atomic mass is 79.9. The Bertz CT molecular complexity index is 219. The molecule has 1 heterocycles. The first kappa shape index (κ1) is 7.63. The molecule has 0 aliphatic rings. The zero-order chi connectivity index (χ0) is 7.56. The van der Waals surface area contributed by atoms with Gasteiger partial charge in [0.25, 0.3) is 0 Å². The highest BCUT2D eigenvalue weighted by Crippen LogP contribution is 2.16. The van der Waals surface area contributed by atoms with Gasteiger partial charge in [0.2, 0.25) is 5.95 Å². The van der Waals surface area contributed by atoms with Crippen LogP contribution in [0.2, 0.25) is 0 Å². The molecule has 0 saturated carbocycles. The summed E-state index contributed by atoms with van der Waals surface area (Å²) in [6.45, 7) is 0.167. The minimum absolute atomic E-state index is 0.167. The summed E-state index contributed by atoms with van der Waals surface area (Å²) in [5, 5.41) is 0. The van der Waals surface area contributed by atoms with Crippen molar-refractivity contribution in [2.24, 2.45) is 5.73 Å². The second-order valence-corrected chi connectivity index (χ2v) is 2.62. The minimum atomic E-state index is -0.503. The summed E-state index contributed by atoms with van der Waals surface area (Å²) in [6.07, 6.45) is 1.39. The van der Waals surface area contributed by atoms with Crippen LogP contribution in [0.1, 0.15) is 5.56 Å². The molecule has 1 rings (SSSR count). The third-order valence-corrected chi connectivity index (χ3v) is 1.89. The van der Waals surface area contributed by atoms with Crippen molar-refractivity contribution in [3.8, 4) is 0 Å². The second-order valence-electron chi connectivity index (χ2n) is 1.77.